The number of hydrogen-bond donors (Lipinski definition) is 0. The highest BCUT2D eigenvalue weighted by Crippen LogP contribution is 2.18. The van der Waals surface area contributed by atoms with Crippen molar-refractivity contribution in [1.29, 1.82) is 0 Å². The van der Waals surface area contributed by atoms with Crippen molar-refractivity contribution >= 4 is 5.78 Å². The summed E-state index contributed by atoms with van der Waals surface area (Å²) in [6, 6.07) is 8.86. The molecule has 0 saturated carbocycles. The first-order valence-corrected chi connectivity index (χ1v) is 5.56. The Morgan fingerprint density at radius 1 is 1.00 bits per heavy atom. The topological polar surface area (TPSA) is 17.1 Å². The first-order valence-electron chi connectivity index (χ1n) is 5.56. The molecular weight excluding hydrogens is 234 g/mol. The Labute approximate surface area is 104 Å². The zero-order valence-electron chi connectivity index (χ0n) is 10.1. The molecule has 3 heteroatoms. The Balaban J connectivity index is 2.51. The van der Waals surface area contributed by atoms with Crippen LogP contribution in [0.2, 0.25) is 0 Å². The molecule has 0 N–H and O–H groups in total. The van der Waals surface area contributed by atoms with Crippen LogP contribution in [0.15, 0.2) is 36.4 Å². The van der Waals surface area contributed by atoms with Gasteiger partial charge < -0.3 is 0 Å². The van der Waals surface area contributed by atoms with Gasteiger partial charge in [0.15, 0.2) is 17.4 Å². The van der Waals surface area contributed by atoms with E-state index in [1.165, 1.54) is 12.1 Å². The van der Waals surface area contributed by atoms with E-state index in [4.69, 9.17) is 0 Å². The van der Waals surface area contributed by atoms with E-state index >= 15 is 0 Å². The van der Waals surface area contributed by atoms with E-state index in [-0.39, 0.29) is 5.56 Å². The van der Waals surface area contributed by atoms with Crippen LogP contribution in [0, 0.1) is 25.5 Å². The lowest BCUT2D eigenvalue weighted by atomic mass is 9.99. The normalized spacial score (nSPS) is 10.4. The Hall–Kier alpha value is -2.03. The quantitative estimate of drug-likeness (QED) is 0.736. The van der Waals surface area contributed by atoms with E-state index in [2.05, 4.69) is 0 Å². The van der Waals surface area contributed by atoms with E-state index in [0.717, 1.165) is 17.2 Å². The standard InChI is InChI=1S/C15H12F2O/c1-9-6-10(2)8-11(7-9)15(18)12-4-3-5-13(16)14(12)17/h3-8H,1-2H3. The zero-order chi connectivity index (χ0) is 13.3. The minimum atomic E-state index is -1.10. The lowest BCUT2D eigenvalue weighted by Crippen LogP contribution is -2.06. The van der Waals surface area contributed by atoms with Crippen LogP contribution in [0.4, 0.5) is 8.78 Å². The second kappa shape index (κ2) is 4.69. The molecule has 0 spiro atoms. The van der Waals surface area contributed by atoms with Crippen LogP contribution in [0.5, 0.6) is 0 Å². The molecule has 0 unspecified atom stereocenters. The summed E-state index contributed by atoms with van der Waals surface area (Å²) in [5, 5.41) is 0. The number of halogens is 2. The minimum absolute atomic E-state index is 0.236. The molecule has 18 heavy (non-hydrogen) atoms. The van der Waals surface area contributed by atoms with Crippen molar-refractivity contribution in [2.24, 2.45) is 0 Å². The monoisotopic (exact) mass is 246 g/mol. The molecule has 2 aromatic carbocycles. The maximum Gasteiger partial charge on any atom is 0.196 e. The van der Waals surface area contributed by atoms with Gasteiger partial charge in [0.25, 0.3) is 0 Å². The molecule has 92 valence electrons. The average Bonchev–Trinajstić information content (AvgIpc) is 2.30. The van der Waals surface area contributed by atoms with Gasteiger partial charge in [0.05, 0.1) is 5.56 Å². The van der Waals surface area contributed by atoms with E-state index < -0.39 is 17.4 Å². The van der Waals surface area contributed by atoms with Crippen LogP contribution < -0.4 is 0 Å². The van der Waals surface area contributed by atoms with Gasteiger partial charge in [-0.25, -0.2) is 8.78 Å². The molecule has 0 amide bonds. The van der Waals surface area contributed by atoms with Gasteiger partial charge in [0.2, 0.25) is 0 Å². The molecule has 0 aliphatic heterocycles. The summed E-state index contributed by atoms with van der Waals surface area (Å²) in [6.07, 6.45) is 0. The molecule has 0 atom stereocenters. The highest BCUT2D eigenvalue weighted by Gasteiger charge is 2.17. The number of rotatable bonds is 2. The molecule has 0 fully saturated rings. The average molecular weight is 246 g/mol. The van der Waals surface area contributed by atoms with Crippen molar-refractivity contribution in [1.82, 2.24) is 0 Å². The van der Waals surface area contributed by atoms with Crippen molar-refractivity contribution in [3.05, 3.63) is 70.3 Å². The van der Waals surface area contributed by atoms with Crippen molar-refractivity contribution in [2.75, 3.05) is 0 Å². The SMILES string of the molecule is Cc1cc(C)cc(C(=O)c2cccc(F)c2F)c1. The van der Waals surface area contributed by atoms with Crippen LogP contribution in [0.25, 0.3) is 0 Å². The summed E-state index contributed by atoms with van der Waals surface area (Å²) < 4.78 is 26.6. The molecule has 0 heterocycles. The molecule has 0 aliphatic rings. The lowest BCUT2D eigenvalue weighted by Gasteiger charge is -2.06. The summed E-state index contributed by atoms with van der Waals surface area (Å²) >= 11 is 0. The van der Waals surface area contributed by atoms with Crippen LogP contribution in [0.1, 0.15) is 27.0 Å². The van der Waals surface area contributed by atoms with Crippen LogP contribution in [-0.2, 0) is 0 Å². The predicted molar refractivity (Wildman–Crippen MR) is 65.7 cm³/mol. The van der Waals surface area contributed by atoms with Crippen molar-refractivity contribution in [2.45, 2.75) is 13.8 Å². The summed E-state index contributed by atoms with van der Waals surface area (Å²) in [5.74, 6) is -2.61. The summed E-state index contributed by atoms with van der Waals surface area (Å²) in [7, 11) is 0. The Morgan fingerprint density at radius 3 is 2.22 bits per heavy atom. The van der Waals surface area contributed by atoms with E-state index in [0.29, 0.717) is 5.56 Å². The largest absolute Gasteiger partial charge is 0.288 e. The van der Waals surface area contributed by atoms with Crippen molar-refractivity contribution in [3.8, 4) is 0 Å². The maximum absolute atomic E-state index is 13.5. The molecule has 0 aliphatic carbocycles. The fraction of sp³-hybridized carbons (Fsp3) is 0.133. The van der Waals surface area contributed by atoms with Gasteiger partial charge in [-0.2, -0.15) is 0 Å². The molecule has 2 rings (SSSR count). The van der Waals surface area contributed by atoms with Gasteiger partial charge in [-0.3, -0.25) is 4.79 Å². The predicted octanol–water partition coefficient (Wildman–Crippen LogP) is 3.81. The number of hydrogen-bond acceptors (Lipinski definition) is 1. The van der Waals surface area contributed by atoms with Gasteiger partial charge in [-0.05, 0) is 38.1 Å². The summed E-state index contributed by atoms with van der Waals surface area (Å²) in [6.45, 7) is 3.71. The zero-order valence-corrected chi connectivity index (χ0v) is 10.1. The van der Waals surface area contributed by atoms with Gasteiger partial charge >= 0.3 is 0 Å². The molecular formula is C15H12F2O. The third-order valence-electron chi connectivity index (χ3n) is 2.68. The van der Waals surface area contributed by atoms with Gasteiger partial charge in [0.1, 0.15) is 0 Å². The summed E-state index contributed by atoms with van der Waals surface area (Å²) in [4.78, 5) is 12.1. The molecule has 1 nitrogen and oxygen atoms in total. The molecule has 0 saturated heterocycles. The van der Waals surface area contributed by atoms with Crippen LogP contribution in [0.3, 0.4) is 0 Å². The fourth-order valence-electron chi connectivity index (χ4n) is 1.94. The smallest absolute Gasteiger partial charge is 0.196 e. The number of ketones is 1. The lowest BCUT2D eigenvalue weighted by molar-refractivity contribution is 0.103. The first-order chi connectivity index (χ1) is 8.49. The Morgan fingerprint density at radius 2 is 1.61 bits per heavy atom. The molecule has 0 radical (unpaired) electrons. The van der Waals surface area contributed by atoms with Crippen molar-refractivity contribution in [3.63, 3.8) is 0 Å². The molecule has 2 aromatic rings. The highest BCUT2D eigenvalue weighted by atomic mass is 19.2. The number of carbonyl (C=O) groups is 1. The second-order valence-electron chi connectivity index (χ2n) is 4.31. The highest BCUT2D eigenvalue weighted by molar-refractivity contribution is 6.09. The maximum atomic E-state index is 13.5. The van der Waals surface area contributed by atoms with Crippen LogP contribution in [-0.4, -0.2) is 5.78 Å². The third-order valence-corrected chi connectivity index (χ3v) is 2.68. The Bertz CT molecular complexity index is 598. The Kier molecular flexibility index (Phi) is 3.24. The van der Waals surface area contributed by atoms with Crippen LogP contribution >= 0.6 is 0 Å². The third kappa shape index (κ3) is 2.30. The number of carbonyl (C=O) groups excluding carboxylic acids is 1. The van der Waals surface area contributed by atoms with Gasteiger partial charge in [-0.15, -0.1) is 0 Å². The second-order valence-corrected chi connectivity index (χ2v) is 4.31. The number of benzene rings is 2. The van der Waals surface area contributed by atoms with Gasteiger partial charge in [-0.1, -0.05) is 23.3 Å². The first kappa shape index (κ1) is 12.4. The van der Waals surface area contributed by atoms with Gasteiger partial charge in [0, 0.05) is 5.56 Å². The molecule has 0 bridgehead atoms. The van der Waals surface area contributed by atoms with E-state index in [9.17, 15) is 13.6 Å². The number of aryl methyl sites for hydroxylation is 2. The minimum Gasteiger partial charge on any atom is -0.288 e. The fourth-order valence-corrected chi connectivity index (χ4v) is 1.94. The molecule has 0 aromatic heterocycles. The summed E-state index contributed by atoms with van der Waals surface area (Å²) in [5.41, 5.74) is 1.96. The van der Waals surface area contributed by atoms with Crippen molar-refractivity contribution < 1.29 is 13.6 Å². The van der Waals surface area contributed by atoms with E-state index in [1.807, 2.05) is 19.9 Å². The van der Waals surface area contributed by atoms with E-state index in [1.54, 1.807) is 12.1 Å².